The zero-order valence-electron chi connectivity index (χ0n) is 13.7. The van der Waals surface area contributed by atoms with Crippen molar-refractivity contribution in [1.82, 2.24) is 9.55 Å². The van der Waals surface area contributed by atoms with E-state index in [1.807, 2.05) is 6.08 Å². The van der Waals surface area contributed by atoms with E-state index >= 15 is 0 Å². The third-order valence-corrected chi connectivity index (χ3v) is 4.07. The number of aliphatic hydroxyl groups is 3. The molecule has 134 valence electrons. The van der Waals surface area contributed by atoms with Crippen molar-refractivity contribution in [2.24, 2.45) is 0 Å². The van der Waals surface area contributed by atoms with E-state index in [0.29, 0.717) is 5.56 Å². The van der Waals surface area contributed by atoms with Gasteiger partial charge in [-0.25, -0.2) is 4.79 Å². The number of unbranched alkanes of at least 4 members (excludes halogenated alkanes) is 3. The molecule has 0 saturated carbocycles. The summed E-state index contributed by atoms with van der Waals surface area (Å²) in [5, 5.41) is 29.0. The van der Waals surface area contributed by atoms with Gasteiger partial charge in [0.2, 0.25) is 0 Å². The first kappa shape index (κ1) is 18.6. The predicted molar refractivity (Wildman–Crippen MR) is 89.1 cm³/mol. The zero-order chi connectivity index (χ0) is 17.7. The normalized spacial score (nSPS) is 27.2. The van der Waals surface area contributed by atoms with E-state index in [9.17, 15) is 15.0 Å². The van der Waals surface area contributed by atoms with Gasteiger partial charge in [-0.15, -0.1) is 0 Å². The van der Waals surface area contributed by atoms with Gasteiger partial charge in [0.15, 0.2) is 6.23 Å². The van der Waals surface area contributed by atoms with Crippen molar-refractivity contribution >= 4 is 11.9 Å². The number of hydrogen-bond donors (Lipinski definition) is 4. The third kappa shape index (κ3) is 4.02. The first-order chi connectivity index (χ1) is 11.5. The lowest BCUT2D eigenvalue weighted by molar-refractivity contribution is -0.0549. The van der Waals surface area contributed by atoms with Gasteiger partial charge < -0.3 is 25.8 Å². The lowest BCUT2D eigenvalue weighted by Gasteiger charge is -2.18. The van der Waals surface area contributed by atoms with Gasteiger partial charge in [-0.3, -0.25) is 4.57 Å². The monoisotopic (exact) mass is 339 g/mol. The molecule has 0 spiro atoms. The number of rotatable bonds is 7. The molecule has 1 fully saturated rings. The van der Waals surface area contributed by atoms with E-state index in [4.69, 9.17) is 15.6 Å². The topological polar surface area (TPSA) is 131 Å². The number of allylic oxidation sites excluding steroid dienone is 1. The quantitative estimate of drug-likeness (QED) is 0.515. The molecule has 4 atom stereocenters. The van der Waals surface area contributed by atoms with E-state index in [0.717, 1.165) is 30.3 Å². The van der Waals surface area contributed by atoms with Gasteiger partial charge in [-0.1, -0.05) is 31.9 Å². The Bertz CT molecular complexity index is 631. The van der Waals surface area contributed by atoms with Crippen molar-refractivity contribution in [1.29, 1.82) is 0 Å². The summed E-state index contributed by atoms with van der Waals surface area (Å²) in [6.45, 7) is 1.67. The molecular formula is C16H25N3O5. The van der Waals surface area contributed by atoms with Gasteiger partial charge in [0.1, 0.15) is 24.1 Å². The number of aromatic nitrogens is 2. The fourth-order valence-corrected chi connectivity index (χ4v) is 2.64. The second-order valence-electron chi connectivity index (χ2n) is 5.90. The molecule has 1 saturated heterocycles. The molecule has 8 heteroatoms. The second-order valence-corrected chi connectivity index (χ2v) is 5.90. The van der Waals surface area contributed by atoms with Crippen LogP contribution in [-0.2, 0) is 4.74 Å². The van der Waals surface area contributed by atoms with Crippen LogP contribution in [0.4, 0.5) is 5.82 Å². The van der Waals surface area contributed by atoms with E-state index < -0.39 is 36.8 Å². The SMILES string of the molecule is CCCCC/C=C/c1cn([C@@H]2O[C@H](CO)[C@@H](O)[C@@H]2O)c(=O)nc1N. The van der Waals surface area contributed by atoms with Gasteiger partial charge in [-0.05, 0) is 12.8 Å². The average Bonchev–Trinajstić information content (AvgIpc) is 2.84. The fraction of sp³-hybridized carbons (Fsp3) is 0.625. The number of nitrogen functional groups attached to an aromatic ring is 1. The smallest absolute Gasteiger partial charge is 0.351 e. The summed E-state index contributed by atoms with van der Waals surface area (Å²) in [4.78, 5) is 15.8. The van der Waals surface area contributed by atoms with E-state index in [2.05, 4.69) is 11.9 Å². The fourth-order valence-electron chi connectivity index (χ4n) is 2.64. The molecule has 8 nitrogen and oxygen atoms in total. The highest BCUT2D eigenvalue weighted by atomic mass is 16.6. The number of nitrogens with zero attached hydrogens (tertiary/aromatic N) is 2. The maximum atomic E-state index is 12.1. The van der Waals surface area contributed by atoms with Crippen LogP contribution in [0.2, 0.25) is 0 Å². The molecule has 0 aliphatic carbocycles. The summed E-state index contributed by atoms with van der Waals surface area (Å²) in [5.74, 6) is 0.0923. The van der Waals surface area contributed by atoms with Crippen molar-refractivity contribution in [3.05, 3.63) is 28.3 Å². The van der Waals surface area contributed by atoms with Crippen LogP contribution in [0.1, 0.15) is 44.4 Å². The van der Waals surface area contributed by atoms with Crippen LogP contribution in [0, 0.1) is 0 Å². The Balaban J connectivity index is 2.22. The third-order valence-electron chi connectivity index (χ3n) is 4.07. The minimum absolute atomic E-state index is 0.0923. The Morgan fingerprint density at radius 2 is 2.12 bits per heavy atom. The van der Waals surface area contributed by atoms with Crippen LogP contribution in [0.5, 0.6) is 0 Å². The zero-order valence-corrected chi connectivity index (χ0v) is 13.7. The van der Waals surface area contributed by atoms with Gasteiger partial charge in [0, 0.05) is 11.8 Å². The number of ether oxygens (including phenoxy) is 1. The summed E-state index contributed by atoms with van der Waals surface area (Å²) in [6.07, 6.45) is 4.70. The van der Waals surface area contributed by atoms with Crippen LogP contribution in [-0.4, -0.2) is 49.8 Å². The summed E-state index contributed by atoms with van der Waals surface area (Å²) in [7, 11) is 0. The molecule has 2 heterocycles. The maximum Gasteiger partial charge on any atom is 0.351 e. The van der Waals surface area contributed by atoms with Gasteiger partial charge >= 0.3 is 5.69 Å². The minimum Gasteiger partial charge on any atom is -0.394 e. The number of aliphatic hydroxyl groups excluding tert-OH is 3. The van der Waals surface area contributed by atoms with Gasteiger partial charge in [0.05, 0.1) is 6.61 Å². The average molecular weight is 339 g/mol. The van der Waals surface area contributed by atoms with Crippen LogP contribution >= 0.6 is 0 Å². The minimum atomic E-state index is -1.34. The van der Waals surface area contributed by atoms with Crippen LogP contribution in [0.25, 0.3) is 6.08 Å². The molecular weight excluding hydrogens is 314 g/mol. The maximum absolute atomic E-state index is 12.1. The molecule has 1 aromatic rings. The van der Waals surface area contributed by atoms with Gasteiger partial charge in [-0.2, -0.15) is 4.98 Å². The molecule has 24 heavy (non-hydrogen) atoms. The Morgan fingerprint density at radius 3 is 2.75 bits per heavy atom. The van der Waals surface area contributed by atoms with Crippen molar-refractivity contribution < 1.29 is 20.1 Å². The first-order valence-corrected chi connectivity index (χ1v) is 8.17. The largest absolute Gasteiger partial charge is 0.394 e. The Morgan fingerprint density at radius 1 is 1.38 bits per heavy atom. The molecule has 1 aliphatic rings. The molecule has 0 radical (unpaired) electrons. The van der Waals surface area contributed by atoms with E-state index in [1.54, 1.807) is 6.08 Å². The van der Waals surface area contributed by atoms with E-state index in [-0.39, 0.29) is 5.82 Å². The van der Waals surface area contributed by atoms with Crippen LogP contribution in [0.15, 0.2) is 17.1 Å². The lowest BCUT2D eigenvalue weighted by atomic mass is 10.1. The Hall–Kier alpha value is -1.74. The standard InChI is InChI=1S/C16H25N3O5/c1-2-3-4-5-6-7-10-8-19(16(23)18-14(10)17)15-13(22)12(21)11(9-20)24-15/h6-8,11-13,15,20-22H,2-5,9H2,1H3,(H2,17,18,23)/b7-6+/t11-,12-,13+,15-/m1/s1. The summed E-state index contributed by atoms with van der Waals surface area (Å²) < 4.78 is 6.45. The van der Waals surface area contributed by atoms with Gasteiger partial charge in [0.25, 0.3) is 0 Å². The molecule has 0 amide bonds. The van der Waals surface area contributed by atoms with Crippen LogP contribution in [0.3, 0.4) is 0 Å². The summed E-state index contributed by atoms with van der Waals surface area (Å²) >= 11 is 0. The highest BCUT2D eigenvalue weighted by Gasteiger charge is 2.43. The highest BCUT2D eigenvalue weighted by molar-refractivity contribution is 5.59. The summed E-state index contributed by atoms with van der Waals surface area (Å²) in [6, 6.07) is 0. The first-order valence-electron chi connectivity index (χ1n) is 8.17. The number of hydrogen-bond acceptors (Lipinski definition) is 7. The van der Waals surface area contributed by atoms with Crippen molar-refractivity contribution in [3.63, 3.8) is 0 Å². The Kier molecular flexibility index (Phi) is 6.50. The van der Waals surface area contributed by atoms with Crippen molar-refractivity contribution in [2.45, 2.75) is 57.1 Å². The highest BCUT2D eigenvalue weighted by Crippen LogP contribution is 2.28. The second kappa shape index (κ2) is 8.39. The molecule has 0 aromatic carbocycles. The molecule has 5 N–H and O–H groups in total. The molecule has 2 rings (SSSR count). The van der Waals surface area contributed by atoms with Crippen LogP contribution < -0.4 is 11.4 Å². The molecule has 0 bridgehead atoms. The Labute approximate surface area is 140 Å². The van der Waals surface area contributed by atoms with Crippen molar-refractivity contribution in [3.8, 4) is 0 Å². The molecule has 0 unspecified atom stereocenters. The molecule has 1 aromatic heterocycles. The van der Waals surface area contributed by atoms with Crippen molar-refractivity contribution in [2.75, 3.05) is 12.3 Å². The number of anilines is 1. The molecule has 1 aliphatic heterocycles. The van der Waals surface area contributed by atoms with E-state index in [1.165, 1.54) is 6.20 Å². The number of nitrogens with two attached hydrogens (primary N) is 1. The predicted octanol–water partition coefficient (Wildman–Crippen LogP) is 0.0305. The summed E-state index contributed by atoms with van der Waals surface area (Å²) in [5.41, 5.74) is 5.62. The lowest BCUT2D eigenvalue weighted by Crippen LogP contribution is -2.36.